The Morgan fingerprint density at radius 2 is 2.04 bits per heavy atom. The fourth-order valence-corrected chi connectivity index (χ4v) is 4.39. The molecular formula is C23H24N2O2S. The van der Waals surface area contributed by atoms with E-state index in [1.807, 2.05) is 53.6 Å². The number of amides is 1. The highest BCUT2D eigenvalue weighted by atomic mass is 32.1. The van der Waals surface area contributed by atoms with Crippen LogP contribution in [0.25, 0.3) is 0 Å². The predicted molar refractivity (Wildman–Crippen MR) is 113 cm³/mol. The van der Waals surface area contributed by atoms with Gasteiger partial charge in [0.25, 0.3) is 0 Å². The van der Waals surface area contributed by atoms with Crippen molar-refractivity contribution in [3.63, 3.8) is 0 Å². The minimum Gasteiger partial charge on any atom is -0.497 e. The van der Waals surface area contributed by atoms with Crippen LogP contribution < -0.4 is 9.64 Å². The highest BCUT2D eigenvalue weighted by Gasteiger charge is 2.46. The van der Waals surface area contributed by atoms with Crippen LogP contribution in [-0.4, -0.2) is 24.5 Å². The Morgan fingerprint density at radius 1 is 1.21 bits per heavy atom. The van der Waals surface area contributed by atoms with Crippen molar-refractivity contribution in [3.05, 3.63) is 76.8 Å². The molecule has 28 heavy (non-hydrogen) atoms. The summed E-state index contributed by atoms with van der Waals surface area (Å²) >= 11 is 1.54. The third-order valence-electron chi connectivity index (χ3n) is 5.20. The van der Waals surface area contributed by atoms with Gasteiger partial charge in [0, 0.05) is 17.8 Å². The van der Waals surface area contributed by atoms with Gasteiger partial charge in [0.15, 0.2) is 5.13 Å². The van der Waals surface area contributed by atoms with E-state index >= 15 is 0 Å². The molecule has 1 saturated carbocycles. The van der Waals surface area contributed by atoms with Crippen molar-refractivity contribution in [2.75, 3.05) is 18.6 Å². The molecule has 1 aliphatic rings. The molecule has 4 nitrogen and oxygen atoms in total. The maximum absolute atomic E-state index is 13.3. The molecule has 4 rings (SSSR count). The van der Waals surface area contributed by atoms with Gasteiger partial charge in [0.1, 0.15) is 5.75 Å². The van der Waals surface area contributed by atoms with E-state index in [2.05, 4.69) is 23.2 Å². The Kier molecular flexibility index (Phi) is 5.44. The van der Waals surface area contributed by atoms with Crippen LogP contribution in [0.1, 0.15) is 29.2 Å². The molecule has 0 spiro atoms. The fourth-order valence-electron chi connectivity index (χ4n) is 3.56. The molecule has 1 amide bonds. The van der Waals surface area contributed by atoms with Crippen molar-refractivity contribution in [2.24, 2.45) is 5.92 Å². The number of methoxy groups -OCH3 is 1. The van der Waals surface area contributed by atoms with Crippen LogP contribution in [0.2, 0.25) is 0 Å². The number of hydrogen-bond donors (Lipinski definition) is 0. The van der Waals surface area contributed by atoms with Gasteiger partial charge in [-0.1, -0.05) is 42.5 Å². The van der Waals surface area contributed by atoms with Crippen molar-refractivity contribution in [2.45, 2.75) is 25.7 Å². The molecule has 1 aliphatic carbocycles. The summed E-state index contributed by atoms with van der Waals surface area (Å²) in [7, 11) is 1.67. The number of hydrogen-bond acceptors (Lipinski definition) is 4. The van der Waals surface area contributed by atoms with E-state index in [9.17, 15) is 4.79 Å². The normalized spacial score (nSPS) is 17.9. The first kappa shape index (κ1) is 18.7. The van der Waals surface area contributed by atoms with Crippen LogP contribution in [0.4, 0.5) is 5.13 Å². The molecule has 0 bridgehead atoms. The van der Waals surface area contributed by atoms with Crippen LogP contribution in [0.15, 0.2) is 60.0 Å². The van der Waals surface area contributed by atoms with Gasteiger partial charge in [-0.15, -0.1) is 11.3 Å². The third kappa shape index (κ3) is 4.09. The minimum absolute atomic E-state index is 0.0204. The van der Waals surface area contributed by atoms with Crippen molar-refractivity contribution in [1.29, 1.82) is 0 Å². The van der Waals surface area contributed by atoms with Gasteiger partial charge >= 0.3 is 0 Å². The smallest absolute Gasteiger partial charge is 0.232 e. The average molecular weight is 393 g/mol. The zero-order chi connectivity index (χ0) is 19.5. The number of carbonyl (C=O) groups excluding carboxylic acids is 1. The van der Waals surface area contributed by atoms with Crippen molar-refractivity contribution in [3.8, 4) is 5.75 Å². The number of carbonyl (C=O) groups is 1. The SMILES string of the molecule is COc1cccc([C@@H]2C[C@H]2C(=O)N(CCc2ccccc2)c2nc(C)cs2)c1. The van der Waals surface area contributed by atoms with E-state index in [-0.39, 0.29) is 17.7 Å². The number of benzene rings is 2. The third-order valence-corrected chi connectivity index (χ3v) is 6.18. The molecule has 5 heteroatoms. The number of ether oxygens (including phenoxy) is 1. The Hall–Kier alpha value is -2.66. The zero-order valence-electron chi connectivity index (χ0n) is 16.2. The summed E-state index contributed by atoms with van der Waals surface area (Å²) in [4.78, 5) is 19.8. The van der Waals surface area contributed by atoms with Crippen LogP contribution in [-0.2, 0) is 11.2 Å². The summed E-state index contributed by atoms with van der Waals surface area (Å²) in [5, 5.41) is 2.81. The lowest BCUT2D eigenvalue weighted by Crippen LogP contribution is -2.34. The number of nitrogens with zero attached hydrogens (tertiary/aromatic N) is 2. The lowest BCUT2D eigenvalue weighted by molar-refractivity contribution is -0.119. The largest absolute Gasteiger partial charge is 0.497 e. The highest BCUT2D eigenvalue weighted by molar-refractivity contribution is 7.14. The predicted octanol–water partition coefficient (Wildman–Crippen LogP) is 4.84. The Bertz CT molecular complexity index is 954. The van der Waals surface area contributed by atoms with Crippen molar-refractivity contribution in [1.82, 2.24) is 4.98 Å². The van der Waals surface area contributed by atoms with Crippen LogP contribution >= 0.6 is 11.3 Å². The molecule has 0 aliphatic heterocycles. The molecule has 0 radical (unpaired) electrons. The van der Waals surface area contributed by atoms with E-state index in [1.54, 1.807) is 18.4 Å². The number of thiazole rings is 1. The van der Waals surface area contributed by atoms with E-state index in [0.29, 0.717) is 6.54 Å². The quantitative estimate of drug-likeness (QED) is 0.578. The molecule has 0 saturated heterocycles. The van der Waals surface area contributed by atoms with Gasteiger partial charge in [-0.05, 0) is 48.9 Å². The van der Waals surface area contributed by atoms with Gasteiger partial charge in [-0.2, -0.15) is 0 Å². The molecule has 0 unspecified atom stereocenters. The van der Waals surface area contributed by atoms with Gasteiger partial charge in [-0.25, -0.2) is 4.98 Å². The number of rotatable bonds is 7. The van der Waals surface area contributed by atoms with Gasteiger partial charge in [0.2, 0.25) is 5.91 Å². The molecule has 1 heterocycles. The molecule has 144 valence electrons. The summed E-state index contributed by atoms with van der Waals surface area (Å²) in [6.07, 6.45) is 1.71. The van der Waals surface area contributed by atoms with E-state index in [0.717, 1.165) is 29.4 Å². The summed E-state index contributed by atoms with van der Waals surface area (Å²) in [5.41, 5.74) is 3.36. The first-order chi connectivity index (χ1) is 13.7. The maximum atomic E-state index is 13.3. The second kappa shape index (κ2) is 8.15. The second-order valence-electron chi connectivity index (χ2n) is 7.22. The highest BCUT2D eigenvalue weighted by Crippen LogP contribution is 2.49. The molecule has 0 N–H and O–H groups in total. The molecule has 1 fully saturated rings. The van der Waals surface area contributed by atoms with Crippen molar-refractivity contribution < 1.29 is 9.53 Å². The minimum atomic E-state index is 0.0204. The second-order valence-corrected chi connectivity index (χ2v) is 8.06. The van der Waals surface area contributed by atoms with E-state index in [4.69, 9.17) is 4.74 Å². The monoisotopic (exact) mass is 392 g/mol. The maximum Gasteiger partial charge on any atom is 0.232 e. The van der Waals surface area contributed by atoms with Crippen LogP contribution in [0.5, 0.6) is 5.75 Å². The molecule has 3 aromatic rings. The number of anilines is 1. The Balaban J connectivity index is 1.50. The lowest BCUT2D eigenvalue weighted by atomic mass is 10.1. The topological polar surface area (TPSA) is 42.4 Å². The van der Waals surface area contributed by atoms with Crippen LogP contribution in [0.3, 0.4) is 0 Å². The summed E-state index contributed by atoms with van der Waals surface area (Å²) in [5.74, 6) is 1.31. The van der Waals surface area contributed by atoms with E-state index < -0.39 is 0 Å². The summed E-state index contributed by atoms with van der Waals surface area (Å²) < 4.78 is 5.33. The summed E-state index contributed by atoms with van der Waals surface area (Å²) in [6.45, 7) is 2.62. The first-order valence-electron chi connectivity index (χ1n) is 9.57. The molecule has 1 aromatic heterocycles. The van der Waals surface area contributed by atoms with Crippen LogP contribution in [0, 0.1) is 12.8 Å². The Labute approximate surface area is 169 Å². The van der Waals surface area contributed by atoms with E-state index in [1.165, 1.54) is 11.1 Å². The molecular weight excluding hydrogens is 368 g/mol. The first-order valence-corrected chi connectivity index (χ1v) is 10.4. The van der Waals surface area contributed by atoms with Gasteiger partial charge < -0.3 is 4.74 Å². The lowest BCUT2D eigenvalue weighted by Gasteiger charge is -2.20. The van der Waals surface area contributed by atoms with Crippen molar-refractivity contribution >= 4 is 22.4 Å². The number of aromatic nitrogens is 1. The van der Waals surface area contributed by atoms with Gasteiger partial charge in [0.05, 0.1) is 12.8 Å². The fraction of sp³-hybridized carbons (Fsp3) is 0.304. The summed E-state index contributed by atoms with van der Waals surface area (Å²) in [6, 6.07) is 18.3. The average Bonchev–Trinajstić information content (AvgIpc) is 3.43. The number of aryl methyl sites for hydroxylation is 1. The molecule has 2 atom stereocenters. The van der Waals surface area contributed by atoms with Gasteiger partial charge in [-0.3, -0.25) is 9.69 Å². The molecule has 2 aromatic carbocycles. The standard InChI is InChI=1S/C23H24N2O2S/c1-16-15-28-23(24-16)25(12-11-17-7-4-3-5-8-17)22(26)21-14-20(21)18-9-6-10-19(13-18)27-2/h3-10,13,15,20-21H,11-12,14H2,1-2H3/t20-,21+/m0/s1. The zero-order valence-corrected chi connectivity index (χ0v) is 17.0. The Morgan fingerprint density at radius 3 is 2.75 bits per heavy atom.